The van der Waals surface area contributed by atoms with Gasteiger partial charge in [0.15, 0.2) is 0 Å². The van der Waals surface area contributed by atoms with E-state index in [0.29, 0.717) is 0 Å². The number of carbonyl (C=O) groups excluding carboxylic acids is 2. The second-order valence-electron chi connectivity index (χ2n) is 7.09. The van der Waals surface area contributed by atoms with E-state index < -0.39 is 11.9 Å². The third-order valence-corrected chi connectivity index (χ3v) is 2.19. The Kier molecular flexibility index (Phi) is 67.1. The van der Waals surface area contributed by atoms with Gasteiger partial charge in [0, 0.05) is 38.1 Å². The number of aliphatic hydroxyl groups excluding tert-OH is 4. The maximum absolute atomic E-state index is 8.89. The van der Waals surface area contributed by atoms with Crippen LogP contribution in [0.3, 0.4) is 0 Å². The Labute approximate surface area is 214 Å². The van der Waals surface area contributed by atoms with Gasteiger partial charge in [0.25, 0.3) is 0 Å². The zero-order valence-electron chi connectivity index (χ0n) is 22.6. The number of hydrogen-bond acceptors (Lipinski definition) is 12. The van der Waals surface area contributed by atoms with E-state index in [-0.39, 0.29) is 45.9 Å². The van der Waals surface area contributed by atoms with Gasteiger partial charge in [-0.2, -0.15) is 0 Å². The Morgan fingerprint density at radius 1 is 0.515 bits per heavy atom. The van der Waals surface area contributed by atoms with Gasteiger partial charge >= 0.3 is 19.5 Å². The van der Waals surface area contributed by atoms with Crippen LogP contribution in [0.2, 0.25) is 0 Å². The summed E-state index contributed by atoms with van der Waals surface area (Å²) in [5, 5.41) is 50.6. The fourth-order valence-corrected chi connectivity index (χ4v) is 0.800. The van der Waals surface area contributed by atoms with Gasteiger partial charge in [-0.15, -0.1) is 0 Å². The van der Waals surface area contributed by atoms with Crippen LogP contribution in [-0.2, 0) is 29.1 Å². The molecule has 0 rings (SSSR count). The van der Waals surface area contributed by atoms with Crippen molar-refractivity contribution in [2.24, 2.45) is 0 Å². The van der Waals surface area contributed by atoms with Gasteiger partial charge < -0.3 is 59.8 Å². The first kappa shape index (κ1) is 49.4. The summed E-state index contributed by atoms with van der Waals surface area (Å²) in [5.74, 6) is -2.17. The van der Waals surface area contributed by atoms with E-state index in [9.17, 15) is 0 Å². The molecule has 0 spiro atoms. The molecule has 200 valence electrons. The zero-order chi connectivity index (χ0) is 27.1. The Bertz CT molecular complexity index is 292. The molecule has 0 aromatic carbocycles. The number of likely N-dealkylation sites (N-methyl/N-ethyl adjacent to an activating group) is 4. The molecule has 0 amide bonds. The van der Waals surface area contributed by atoms with Gasteiger partial charge in [-0.05, 0) is 70.2 Å². The number of aliphatic hydroxyl groups is 4. The molecule has 0 aromatic heterocycles. The van der Waals surface area contributed by atoms with Crippen LogP contribution in [0, 0.1) is 0 Å². The maximum Gasteiger partial charge on any atom is 2.00 e. The molecule has 0 unspecified atom stereocenters. The molecule has 0 aliphatic rings. The standard InChI is InChI=1S/4C4H11NO.2C2H4O2.Zn/c4*1-5(2)3-4-6;2*1-2(3)4;/h4*6H,3-4H2,1-2H3;2*1H3,(H,3,4);/q;;;;;;+2/p-2. The third-order valence-electron chi connectivity index (χ3n) is 2.19. The number of carbonyl (C=O) groups is 2. The largest absolute Gasteiger partial charge is 2.00 e. The number of carboxylic acid groups (broad SMARTS) is 2. The molecule has 33 heavy (non-hydrogen) atoms. The summed E-state index contributed by atoms with van der Waals surface area (Å²) in [6, 6.07) is 0. The van der Waals surface area contributed by atoms with Gasteiger partial charge in [0.1, 0.15) is 0 Å². The molecule has 0 radical (unpaired) electrons. The van der Waals surface area contributed by atoms with E-state index in [1.807, 2.05) is 76.0 Å². The predicted molar refractivity (Wildman–Crippen MR) is 124 cm³/mol. The maximum atomic E-state index is 8.89. The smallest absolute Gasteiger partial charge is 0.550 e. The Hall–Kier alpha value is -0.757. The van der Waals surface area contributed by atoms with Crippen LogP contribution >= 0.6 is 0 Å². The minimum atomic E-state index is -1.08. The summed E-state index contributed by atoms with van der Waals surface area (Å²) in [6.45, 7) is 6.03. The van der Waals surface area contributed by atoms with Gasteiger partial charge in [-0.1, -0.05) is 0 Å². The van der Waals surface area contributed by atoms with Crippen LogP contribution in [0.5, 0.6) is 0 Å². The summed E-state index contributed by atoms with van der Waals surface area (Å²) >= 11 is 0. The molecule has 0 aromatic rings. The minimum Gasteiger partial charge on any atom is -0.550 e. The molecule has 12 nitrogen and oxygen atoms in total. The molecule has 0 fully saturated rings. The van der Waals surface area contributed by atoms with Crippen LogP contribution in [0.15, 0.2) is 0 Å². The SMILES string of the molecule is CC(=O)[O-].CC(=O)[O-].CN(C)CCO.CN(C)CCO.CN(C)CCO.CN(C)CCO.[Zn+2]. The van der Waals surface area contributed by atoms with Gasteiger partial charge in [0.2, 0.25) is 0 Å². The molecule has 0 heterocycles. The first-order chi connectivity index (χ1) is 14.5. The van der Waals surface area contributed by atoms with E-state index in [2.05, 4.69) is 0 Å². The van der Waals surface area contributed by atoms with Gasteiger partial charge in [-0.25, -0.2) is 0 Å². The fourth-order valence-electron chi connectivity index (χ4n) is 0.800. The predicted octanol–water partition coefficient (Wildman–Crippen LogP) is -4.33. The van der Waals surface area contributed by atoms with E-state index in [0.717, 1.165) is 40.0 Å². The van der Waals surface area contributed by atoms with Crippen LogP contribution < -0.4 is 10.2 Å². The summed E-state index contributed by atoms with van der Waals surface area (Å²) < 4.78 is 0. The van der Waals surface area contributed by atoms with E-state index in [1.54, 1.807) is 0 Å². The topological polar surface area (TPSA) is 174 Å². The normalized spacial score (nSPS) is 8.79. The van der Waals surface area contributed by atoms with Crippen molar-refractivity contribution < 1.29 is 59.7 Å². The van der Waals surface area contributed by atoms with Crippen LogP contribution in [0.1, 0.15) is 13.8 Å². The van der Waals surface area contributed by atoms with Crippen molar-refractivity contribution >= 4 is 11.9 Å². The first-order valence-electron chi connectivity index (χ1n) is 9.92. The van der Waals surface area contributed by atoms with Crippen molar-refractivity contribution in [3.05, 3.63) is 0 Å². The molecule has 13 heteroatoms. The minimum absolute atomic E-state index is 0. The van der Waals surface area contributed by atoms with E-state index in [4.69, 9.17) is 40.2 Å². The summed E-state index contributed by atoms with van der Waals surface area (Å²) in [6.07, 6.45) is 0. The number of aliphatic carboxylic acids is 2. The van der Waals surface area contributed by atoms with Crippen molar-refractivity contribution in [1.82, 2.24) is 19.6 Å². The molecular formula is C20H50N4O8Zn. The van der Waals surface area contributed by atoms with Gasteiger partial charge in [0.05, 0.1) is 26.4 Å². The molecule has 0 saturated carbocycles. The summed E-state index contributed by atoms with van der Waals surface area (Å²) in [7, 11) is 15.4. The summed E-state index contributed by atoms with van der Waals surface area (Å²) in [5.41, 5.74) is 0. The zero-order valence-corrected chi connectivity index (χ0v) is 25.5. The third kappa shape index (κ3) is 211. The number of carboxylic acids is 2. The van der Waals surface area contributed by atoms with Gasteiger partial charge in [-0.3, -0.25) is 0 Å². The molecule has 0 aliphatic carbocycles. The van der Waals surface area contributed by atoms with E-state index in [1.165, 1.54) is 0 Å². The quantitative estimate of drug-likeness (QED) is 0.219. The molecule has 0 aliphatic heterocycles. The molecule has 0 bridgehead atoms. The number of rotatable bonds is 8. The van der Waals surface area contributed by atoms with Crippen molar-refractivity contribution in [3.8, 4) is 0 Å². The monoisotopic (exact) mass is 538 g/mol. The molecule has 0 saturated heterocycles. The van der Waals surface area contributed by atoms with E-state index >= 15 is 0 Å². The molecular weight excluding hydrogens is 490 g/mol. The first-order valence-corrected chi connectivity index (χ1v) is 9.92. The molecule has 4 N–H and O–H groups in total. The Morgan fingerprint density at radius 2 is 0.606 bits per heavy atom. The van der Waals surface area contributed by atoms with Crippen LogP contribution in [0.4, 0.5) is 0 Å². The fraction of sp³-hybridized carbons (Fsp3) is 0.900. The van der Waals surface area contributed by atoms with Crippen molar-refractivity contribution in [1.29, 1.82) is 0 Å². The average molecular weight is 540 g/mol. The van der Waals surface area contributed by atoms with Crippen molar-refractivity contribution in [2.45, 2.75) is 13.8 Å². The Morgan fingerprint density at radius 3 is 0.606 bits per heavy atom. The van der Waals surface area contributed by atoms with Crippen molar-refractivity contribution in [2.75, 3.05) is 109 Å². The molecule has 0 atom stereocenters. The second kappa shape index (κ2) is 44.8. The number of nitrogens with zero attached hydrogens (tertiary/aromatic N) is 4. The Balaban J connectivity index is -0.0000000493. The average Bonchev–Trinajstić information content (AvgIpc) is 2.54. The number of hydrogen-bond donors (Lipinski definition) is 4. The van der Waals surface area contributed by atoms with Crippen molar-refractivity contribution in [3.63, 3.8) is 0 Å². The van der Waals surface area contributed by atoms with Crippen LogP contribution in [-0.4, -0.2) is 161 Å². The van der Waals surface area contributed by atoms with Crippen LogP contribution in [0.25, 0.3) is 0 Å². The summed E-state index contributed by atoms with van der Waals surface area (Å²) in [4.78, 5) is 25.5. The second-order valence-corrected chi connectivity index (χ2v) is 7.09.